The molecule has 3 aromatic rings. The number of fused-ring (bicyclic) bond motifs is 2. The number of anilines is 1. The first-order valence-corrected chi connectivity index (χ1v) is 8.91. The number of carbonyl (C=O) groups excluding carboxylic acids is 1. The summed E-state index contributed by atoms with van der Waals surface area (Å²) in [5.74, 6) is 0.0816. The molecule has 1 aliphatic carbocycles. The molecule has 0 saturated heterocycles. The third-order valence-corrected chi connectivity index (χ3v) is 5.93. The molecule has 2 nitrogen and oxygen atoms in total. The van der Waals surface area contributed by atoms with Crippen molar-refractivity contribution in [2.45, 2.75) is 32.6 Å². The van der Waals surface area contributed by atoms with Gasteiger partial charge in [-0.3, -0.25) is 4.79 Å². The van der Waals surface area contributed by atoms with Gasteiger partial charge in [-0.25, -0.2) is 0 Å². The van der Waals surface area contributed by atoms with Gasteiger partial charge in [0, 0.05) is 10.4 Å². The fourth-order valence-electron chi connectivity index (χ4n) is 3.62. The number of aryl methyl sites for hydroxylation is 2. The van der Waals surface area contributed by atoms with Gasteiger partial charge in [-0.05, 0) is 54.5 Å². The molecular weight excluding hydrogens is 302 g/mol. The number of rotatable bonds is 2. The van der Waals surface area contributed by atoms with E-state index in [0.29, 0.717) is 5.00 Å². The molecule has 1 aliphatic rings. The highest BCUT2D eigenvalue weighted by atomic mass is 32.1. The van der Waals surface area contributed by atoms with Crippen LogP contribution in [0.25, 0.3) is 10.8 Å². The zero-order valence-electron chi connectivity index (χ0n) is 13.2. The van der Waals surface area contributed by atoms with Crippen LogP contribution in [-0.4, -0.2) is 5.78 Å². The van der Waals surface area contributed by atoms with Crippen LogP contribution in [0.1, 0.15) is 44.8 Å². The third kappa shape index (κ3) is 2.27. The summed E-state index contributed by atoms with van der Waals surface area (Å²) in [6.45, 7) is 2.08. The summed E-state index contributed by atoms with van der Waals surface area (Å²) in [4.78, 5) is 14.6. The van der Waals surface area contributed by atoms with E-state index in [-0.39, 0.29) is 5.78 Å². The summed E-state index contributed by atoms with van der Waals surface area (Å²) in [5, 5.41) is 2.85. The van der Waals surface area contributed by atoms with Crippen LogP contribution in [0.5, 0.6) is 0 Å². The van der Waals surface area contributed by atoms with Crippen LogP contribution in [0.3, 0.4) is 0 Å². The van der Waals surface area contributed by atoms with Crippen LogP contribution in [0.2, 0.25) is 0 Å². The fourth-order valence-corrected chi connectivity index (χ4v) is 4.78. The zero-order chi connectivity index (χ0) is 16.0. The third-order valence-electron chi connectivity index (χ3n) is 4.81. The van der Waals surface area contributed by atoms with E-state index in [9.17, 15) is 4.79 Å². The molecule has 0 radical (unpaired) electrons. The van der Waals surface area contributed by atoms with Gasteiger partial charge < -0.3 is 5.73 Å². The van der Waals surface area contributed by atoms with Crippen LogP contribution in [-0.2, 0) is 12.8 Å². The lowest BCUT2D eigenvalue weighted by Gasteiger charge is -2.13. The maximum absolute atomic E-state index is 13.3. The Morgan fingerprint density at radius 1 is 1.04 bits per heavy atom. The fraction of sp³-hybridized carbons (Fsp3) is 0.250. The normalized spacial score (nSPS) is 14.0. The summed E-state index contributed by atoms with van der Waals surface area (Å²) in [5.41, 5.74) is 10.2. The summed E-state index contributed by atoms with van der Waals surface area (Å²) < 4.78 is 0. The summed E-state index contributed by atoms with van der Waals surface area (Å²) in [7, 11) is 0. The second kappa shape index (κ2) is 5.50. The molecule has 23 heavy (non-hydrogen) atoms. The van der Waals surface area contributed by atoms with E-state index in [1.165, 1.54) is 22.4 Å². The summed E-state index contributed by atoms with van der Waals surface area (Å²) >= 11 is 1.61. The lowest BCUT2D eigenvalue weighted by molar-refractivity contribution is 0.104. The molecule has 0 spiro atoms. The number of ketones is 1. The molecule has 1 aromatic heterocycles. The predicted molar refractivity (Wildman–Crippen MR) is 97.5 cm³/mol. The standard InChI is InChI=1S/C20H19NOS/c1-12-10-11-15(14-7-3-2-6-13(12)14)19(22)18-16-8-4-5-9-17(16)23-20(18)21/h2-3,6-7,10-11H,4-5,8-9,21H2,1H3. The van der Waals surface area contributed by atoms with Gasteiger partial charge in [0.15, 0.2) is 5.78 Å². The lowest BCUT2D eigenvalue weighted by atomic mass is 9.90. The molecular formula is C20H19NOS. The Kier molecular flexibility index (Phi) is 3.46. The molecule has 116 valence electrons. The molecule has 4 rings (SSSR count). The second-order valence-corrected chi connectivity index (χ2v) is 7.39. The molecule has 0 atom stereocenters. The Hall–Kier alpha value is -2.13. The maximum atomic E-state index is 13.3. The van der Waals surface area contributed by atoms with Crippen LogP contribution in [0, 0.1) is 6.92 Å². The van der Waals surface area contributed by atoms with Crippen molar-refractivity contribution in [1.29, 1.82) is 0 Å². The van der Waals surface area contributed by atoms with E-state index in [4.69, 9.17) is 5.73 Å². The van der Waals surface area contributed by atoms with Gasteiger partial charge in [-0.15, -0.1) is 11.3 Å². The van der Waals surface area contributed by atoms with Crippen molar-refractivity contribution in [3.05, 3.63) is 63.5 Å². The Morgan fingerprint density at radius 3 is 2.61 bits per heavy atom. The molecule has 0 bridgehead atoms. The zero-order valence-corrected chi connectivity index (χ0v) is 14.0. The van der Waals surface area contributed by atoms with Crippen molar-refractivity contribution in [2.24, 2.45) is 0 Å². The van der Waals surface area contributed by atoms with Gasteiger partial charge in [0.2, 0.25) is 0 Å². The van der Waals surface area contributed by atoms with Gasteiger partial charge in [-0.2, -0.15) is 0 Å². The van der Waals surface area contributed by atoms with E-state index in [0.717, 1.165) is 41.2 Å². The first-order chi connectivity index (χ1) is 11.2. The van der Waals surface area contributed by atoms with E-state index < -0.39 is 0 Å². The highest BCUT2D eigenvalue weighted by molar-refractivity contribution is 7.16. The monoisotopic (exact) mass is 321 g/mol. The lowest BCUT2D eigenvalue weighted by Crippen LogP contribution is -2.09. The molecule has 2 N–H and O–H groups in total. The molecule has 0 aliphatic heterocycles. The van der Waals surface area contributed by atoms with Crippen molar-refractivity contribution < 1.29 is 4.79 Å². The predicted octanol–water partition coefficient (Wildman–Crippen LogP) is 4.90. The number of carbonyl (C=O) groups is 1. The molecule has 3 heteroatoms. The number of nitrogens with two attached hydrogens (primary N) is 1. The number of hydrogen-bond donors (Lipinski definition) is 1. The van der Waals surface area contributed by atoms with Gasteiger partial charge in [0.1, 0.15) is 0 Å². The molecule has 1 heterocycles. The molecule has 0 fully saturated rings. The number of nitrogen functional groups attached to an aromatic ring is 1. The number of hydrogen-bond acceptors (Lipinski definition) is 3. The maximum Gasteiger partial charge on any atom is 0.196 e. The van der Waals surface area contributed by atoms with Crippen molar-refractivity contribution in [2.75, 3.05) is 5.73 Å². The van der Waals surface area contributed by atoms with Gasteiger partial charge in [-0.1, -0.05) is 36.4 Å². The van der Waals surface area contributed by atoms with Crippen LogP contribution in [0.4, 0.5) is 5.00 Å². The molecule has 0 amide bonds. The van der Waals surface area contributed by atoms with Crippen molar-refractivity contribution in [3.63, 3.8) is 0 Å². The van der Waals surface area contributed by atoms with Crippen LogP contribution >= 0.6 is 11.3 Å². The van der Waals surface area contributed by atoms with E-state index >= 15 is 0 Å². The Bertz CT molecular complexity index is 923. The first kappa shape index (κ1) is 14.5. The minimum atomic E-state index is 0.0816. The Balaban J connectivity index is 1.91. The van der Waals surface area contributed by atoms with Gasteiger partial charge in [0.25, 0.3) is 0 Å². The first-order valence-electron chi connectivity index (χ1n) is 8.10. The second-order valence-electron chi connectivity index (χ2n) is 6.25. The van der Waals surface area contributed by atoms with E-state index in [1.54, 1.807) is 11.3 Å². The minimum absolute atomic E-state index is 0.0816. The average Bonchev–Trinajstić information content (AvgIpc) is 2.90. The molecule has 0 unspecified atom stereocenters. The van der Waals surface area contributed by atoms with Crippen molar-refractivity contribution >= 4 is 32.9 Å². The topological polar surface area (TPSA) is 43.1 Å². The Morgan fingerprint density at radius 2 is 1.78 bits per heavy atom. The average molecular weight is 321 g/mol. The quantitative estimate of drug-likeness (QED) is 0.682. The van der Waals surface area contributed by atoms with Crippen LogP contribution < -0.4 is 5.73 Å². The highest BCUT2D eigenvalue weighted by Crippen LogP contribution is 2.38. The number of thiophene rings is 1. The number of benzene rings is 2. The van der Waals surface area contributed by atoms with Crippen molar-refractivity contribution in [1.82, 2.24) is 0 Å². The minimum Gasteiger partial charge on any atom is -0.390 e. The summed E-state index contributed by atoms with van der Waals surface area (Å²) in [6, 6.07) is 12.1. The van der Waals surface area contributed by atoms with Crippen molar-refractivity contribution in [3.8, 4) is 0 Å². The van der Waals surface area contributed by atoms with E-state index in [2.05, 4.69) is 13.0 Å². The van der Waals surface area contributed by atoms with Gasteiger partial charge >= 0.3 is 0 Å². The SMILES string of the molecule is Cc1ccc(C(=O)c2c(N)sc3c2CCCC3)c2ccccc12. The van der Waals surface area contributed by atoms with Gasteiger partial charge in [0.05, 0.1) is 10.6 Å². The highest BCUT2D eigenvalue weighted by Gasteiger charge is 2.25. The molecule has 0 saturated carbocycles. The molecule has 2 aromatic carbocycles. The van der Waals surface area contributed by atoms with Crippen LogP contribution in [0.15, 0.2) is 36.4 Å². The van der Waals surface area contributed by atoms with E-state index in [1.807, 2.05) is 30.3 Å². The largest absolute Gasteiger partial charge is 0.390 e. The summed E-state index contributed by atoms with van der Waals surface area (Å²) in [6.07, 6.45) is 4.40. The smallest absolute Gasteiger partial charge is 0.196 e. The Labute approximate surface area is 139 Å².